The zero-order chi connectivity index (χ0) is 11.6. The van der Waals surface area contributed by atoms with Gasteiger partial charge in [0.25, 0.3) is 0 Å². The number of hydrogen-bond donors (Lipinski definition) is 1. The molecular weight excluding hydrogens is 205 g/mol. The highest BCUT2D eigenvalue weighted by Crippen LogP contribution is 2.09. The molecule has 0 fully saturated rings. The summed E-state index contributed by atoms with van der Waals surface area (Å²) >= 11 is 0. The van der Waals surface area contributed by atoms with Crippen molar-refractivity contribution < 1.29 is 9.50 Å². The van der Waals surface area contributed by atoms with Crippen molar-refractivity contribution in [2.75, 3.05) is 6.61 Å². The van der Waals surface area contributed by atoms with Gasteiger partial charge in [-0.2, -0.15) is 4.39 Å². The summed E-state index contributed by atoms with van der Waals surface area (Å²) in [4.78, 5) is 3.62. The largest absolute Gasteiger partial charge is 0.396 e. The first-order valence-electron chi connectivity index (χ1n) is 6.04. The molecule has 16 heavy (non-hydrogen) atoms. The molecule has 0 amide bonds. The van der Waals surface area contributed by atoms with Crippen LogP contribution in [0.1, 0.15) is 44.1 Å². The second-order valence-electron chi connectivity index (χ2n) is 4.08. The Bertz CT molecular complexity index is 274. The van der Waals surface area contributed by atoms with E-state index >= 15 is 0 Å². The maximum Gasteiger partial charge on any atom is 0.212 e. The molecule has 1 heterocycles. The number of aromatic nitrogens is 1. The van der Waals surface area contributed by atoms with Gasteiger partial charge in [-0.05, 0) is 30.9 Å². The minimum Gasteiger partial charge on any atom is -0.396 e. The maximum absolute atomic E-state index is 12.5. The molecule has 0 atom stereocenters. The van der Waals surface area contributed by atoms with E-state index in [4.69, 9.17) is 5.11 Å². The molecule has 1 aromatic heterocycles. The first-order valence-corrected chi connectivity index (χ1v) is 6.04. The van der Waals surface area contributed by atoms with E-state index in [1.165, 1.54) is 25.3 Å². The summed E-state index contributed by atoms with van der Waals surface area (Å²) in [6, 6.07) is 3.21. The minimum atomic E-state index is -0.409. The molecule has 3 heteroatoms. The Kier molecular flexibility index (Phi) is 6.74. The summed E-state index contributed by atoms with van der Waals surface area (Å²) in [5.74, 6) is -0.409. The zero-order valence-electron chi connectivity index (χ0n) is 9.66. The maximum atomic E-state index is 12.5. The first-order chi connectivity index (χ1) is 7.83. The van der Waals surface area contributed by atoms with Gasteiger partial charge < -0.3 is 5.11 Å². The molecule has 2 nitrogen and oxygen atoms in total. The van der Waals surface area contributed by atoms with Crippen LogP contribution in [0.25, 0.3) is 0 Å². The van der Waals surface area contributed by atoms with Crippen molar-refractivity contribution in [3.05, 3.63) is 29.8 Å². The third-order valence-electron chi connectivity index (χ3n) is 2.66. The molecule has 0 saturated heterocycles. The highest BCUT2D eigenvalue weighted by atomic mass is 19.1. The van der Waals surface area contributed by atoms with Crippen molar-refractivity contribution in [2.24, 2.45) is 0 Å². The number of rotatable bonds is 8. The standard InChI is InChI=1S/C13H20FNO/c14-13-9-8-12(11-15-13)7-5-3-1-2-4-6-10-16/h8-9,11,16H,1-7,10H2. The monoisotopic (exact) mass is 225 g/mol. The highest BCUT2D eigenvalue weighted by Gasteiger charge is 1.95. The molecule has 0 aromatic carbocycles. The topological polar surface area (TPSA) is 33.1 Å². The van der Waals surface area contributed by atoms with Crippen LogP contribution in [0.15, 0.2) is 18.3 Å². The van der Waals surface area contributed by atoms with Gasteiger partial charge in [0.1, 0.15) is 0 Å². The first kappa shape index (κ1) is 13.1. The van der Waals surface area contributed by atoms with Crippen molar-refractivity contribution in [3.8, 4) is 0 Å². The van der Waals surface area contributed by atoms with Crippen LogP contribution in [-0.2, 0) is 6.42 Å². The van der Waals surface area contributed by atoms with E-state index in [0.29, 0.717) is 6.61 Å². The Morgan fingerprint density at radius 2 is 1.69 bits per heavy atom. The van der Waals surface area contributed by atoms with Crippen molar-refractivity contribution in [1.29, 1.82) is 0 Å². The highest BCUT2D eigenvalue weighted by molar-refractivity contribution is 5.09. The van der Waals surface area contributed by atoms with Gasteiger partial charge in [-0.1, -0.05) is 31.7 Å². The van der Waals surface area contributed by atoms with Gasteiger partial charge in [-0.25, -0.2) is 4.98 Å². The smallest absolute Gasteiger partial charge is 0.212 e. The Labute approximate surface area is 96.5 Å². The molecule has 90 valence electrons. The molecule has 1 aromatic rings. The Morgan fingerprint density at radius 1 is 1.00 bits per heavy atom. The van der Waals surface area contributed by atoms with Crippen LogP contribution in [0.5, 0.6) is 0 Å². The Balaban J connectivity index is 2.01. The van der Waals surface area contributed by atoms with Crippen LogP contribution in [-0.4, -0.2) is 16.7 Å². The van der Waals surface area contributed by atoms with E-state index in [2.05, 4.69) is 4.98 Å². The summed E-state index contributed by atoms with van der Waals surface area (Å²) in [7, 11) is 0. The normalized spacial score (nSPS) is 10.6. The third kappa shape index (κ3) is 5.81. The van der Waals surface area contributed by atoms with Gasteiger partial charge in [0.05, 0.1) is 0 Å². The number of halogens is 1. The van der Waals surface area contributed by atoms with Crippen molar-refractivity contribution in [1.82, 2.24) is 4.98 Å². The number of aryl methyl sites for hydroxylation is 1. The predicted octanol–water partition coefficient (Wildman–Crippen LogP) is 3.10. The average Bonchev–Trinajstić information content (AvgIpc) is 2.30. The number of pyridine rings is 1. The van der Waals surface area contributed by atoms with Gasteiger partial charge in [-0.15, -0.1) is 0 Å². The lowest BCUT2D eigenvalue weighted by Gasteiger charge is -2.01. The fourth-order valence-corrected chi connectivity index (χ4v) is 1.70. The SMILES string of the molecule is OCCCCCCCCc1ccc(F)nc1. The fourth-order valence-electron chi connectivity index (χ4n) is 1.70. The summed E-state index contributed by atoms with van der Waals surface area (Å²) < 4.78 is 12.5. The number of aliphatic hydroxyl groups excluding tert-OH is 1. The Morgan fingerprint density at radius 3 is 2.31 bits per heavy atom. The van der Waals surface area contributed by atoms with Gasteiger partial charge >= 0.3 is 0 Å². The lowest BCUT2D eigenvalue weighted by molar-refractivity contribution is 0.282. The molecule has 1 N–H and O–H groups in total. The molecule has 1 rings (SSSR count). The quantitative estimate of drug-likeness (QED) is 0.544. The Hall–Kier alpha value is -0.960. The van der Waals surface area contributed by atoms with Crippen LogP contribution >= 0.6 is 0 Å². The lowest BCUT2D eigenvalue weighted by Crippen LogP contribution is -1.89. The van der Waals surface area contributed by atoms with Gasteiger partial charge in [-0.3, -0.25) is 0 Å². The van der Waals surface area contributed by atoms with Crippen LogP contribution in [0, 0.1) is 5.95 Å². The van der Waals surface area contributed by atoms with Crippen molar-refractivity contribution >= 4 is 0 Å². The van der Waals surface area contributed by atoms with Gasteiger partial charge in [0, 0.05) is 12.8 Å². The van der Waals surface area contributed by atoms with E-state index in [-0.39, 0.29) is 0 Å². The van der Waals surface area contributed by atoms with Gasteiger partial charge in [0.15, 0.2) is 0 Å². The number of aliphatic hydroxyl groups is 1. The van der Waals surface area contributed by atoms with Crippen LogP contribution in [0.3, 0.4) is 0 Å². The molecular formula is C13H20FNO. The summed E-state index contributed by atoms with van der Waals surface area (Å²) in [5, 5.41) is 8.60. The lowest BCUT2D eigenvalue weighted by atomic mass is 10.1. The summed E-state index contributed by atoms with van der Waals surface area (Å²) in [5.41, 5.74) is 1.11. The molecule has 0 spiro atoms. The molecule has 0 unspecified atom stereocenters. The van der Waals surface area contributed by atoms with Crippen LogP contribution < -0.4 is 0 Å². The molecule has 0 radical (unpaired) electrons. The number of unbranched alkanes of at least 4 members (excludes halogenated alkanes) is 5. The molecule has 0 aliphatic rings. The van der Waals surface area contributed by atoms with E-state index in [1.54, 1.807) is 12.3 Å². The summed E-state index contributed by atoms with van der Waals surface area (Å²) in [6.45, 7) is 0.307. The van der Waals surface area contributed by atoms with Crippen molar-refractivity contribution in [3.63, 3.8) is 0 Å². The minimum absolute atomic E-state index is 0.307. The van der Waals surface area contributed by atoms with E-state index in [9.17, 15) is 4.39 Å². The molecule has 0 saturated carbocycles. The fraction of sp³-hybridized carbons (Fsp3) is 0.615. The van der Waals surface area contributed by atoms with Crippen LogP contribution in [0.2, 0.25) is 0 Å². The van der Waals surface area contributed by atoms with Crippen LogP contribution in [0.4, 0.5) is 4.39 Å². The second kappa shape index (κ2) is 8.22. The van der Waals surface area contributed by atoms with Crippen molar-refractivity contribution in [2.45, 2.75) is 44.9 Å². The summed E-state index contributed by atoms with van der Waals surface area (Å²) in [6.07, 6.45) is 9.37. The van der Waals surface area contributed by atoms with E-state index in [1.807, 2.05) is 0 Å². The third-order valence-corrected chi connectivity index (χ3v) is 2.66. The van der Waals surface area contributed by atoms with Gasteiger partial charge in [0.2, 0.25) is 5.95 Å². The second-order valence-corrected chi connectivity index (χ2v) is 4.08. The number of nitrogens with zero attached hydrogens (tertiary/aromatic N) is 1. The molecule has 0 aliphatic carbocycles. The zero-order valence-corrected chi connectivity index (χ0v) is 9.66. The predicted molar refractivity (Wildman–Crippen MR) is 62.7 cm³/mol. The average molecular weight is 225 g/mol. The number of hydrogen-bond acceptors (Lipinski definition) is 2. The molecule has 0 aliphatic heterocycles. The van der Waals surface area contributed by atoms with E-state index < -0.39 is 5.95 Å². The molecule has 0 bridgehead atoms. The van der Waals surface area contributed by atoms with E-state index in [0.717, 1.165) is 31.2 Å².